The van der Waals surface area contributed by atoms with Crippen molar-refractivity contribution in [3.63, 3.8) is 0 Å². The number of ether oxygens (including phenoxy) is 1. The van der Waals surface area contributed by atoms with Crippen molar-refractivity contribution in [1.82, 2.24) is 15.0 Å². The largest absolute Gasteiger partial charge is 0.381 e. The Hall–Kier alpha value is -3.06. The average Bonchev–Trinajstić information content (AvgIpc) is 2.77. The van der Waals surface area contributed by atoms with E-state index in [2.05, 4.69) is 36.8 Å². The lowest BCUT2D eigenvalue weighted by molar-refractivity contribution is 0.0659. The van der Waals surface area contributed by atoms with Crippen molar-refractivity contribution in [2.75, 3.05) is 7.11 Å². The zero-order valence-electron chi connectivity index (χ0n) is 19.1. The molecule has 0 spiro atoms. The first kappa shape index (κ1) is 22.1. The summed E-state index contributed by atoms with van der Waals surface area (Å²) in [6, 6.07) is 5.40. The summed E-state index contributed by atoms with van der Waals surface area (Å²) < 4.78 is 5.56. The first-order chi connectivity index (χ1) is 15.2. The Morgan fingerprint density at radius 2 is 1.88 bits per heavy atom. The van der Waals surface area contributed by atoms with Crippen LogP contribution < -0.4 is 11.2 Å². The molecule has 3 heterocycles. The van der Waals surface area contributed by atoms with Gasteiger partial charge in [-0.25, -0.2) is 0 Å². The smallest absolute Gasteiger partial charge is 0.268 e. The number of nitrogens with one attached hydrogen (secondary N) is 1. The van der Waals surface area contributed by atoms with Gasteiger partial charge in [-0.1, -0.05) is 20.8 Å². The minimum absolute atomic E-state index is 0.0189. The number of carbonyl (C=O) groups is 1. The summed E-state index contributed by atoms with van der Waals surface area (Å²) in [5, 5.41) is 0.213. The molecule has 0 aliphatic heterocycles. The van der Waals surface area contributed by atoms with Crippen LogP contribution in [0.5, 0.6) is 0 Å². The Morgan fingerprint density at radius 3 is 2.50 bits per heavy atom. The van der Waals surface area contributed by atoms with Crippen LogP contribution in [0.4, 0.5) is 0 Å². The van der Waals surface area contributed by atoms with Gasteiger partial charge < -0.3 is 15.5 Å². The molecule has 4 rings (SSSR count). The minimum Gasteiger partial charge on any atom is -0.381 e. The highest BCUT2D eigenvalue weighted by molar-refractivity contribution is 6.03. The highest BCUT2D eigenvalue weighted by atomic mass is 16.5. The van der Waals surface area contributed by atoms with Gasteiger partial charge in [0.25, 0.3) is 5.91 Å². The third-order valence-corrected chi connectivity index (χ3v) is 6.42. The number of aromatic amines is 1. The number of methoxy groups -OCH3 is 1. The van der Waals surface area contributed by atoms with Crippen molar-refractivity contribution in [1.29, 1.82) is 0 Å². The minimum atomic E-state index is -0.722. The number of H-pyrrole nitrogens is 1. The monoisotopic (exact) mass is 434 g/mol. The molecule has 0 unspecified atom stereocenters. The molecular weight excluding hydrogens is 404 g/mol. The van der Waals surface area contributed by atoms with Crippen LogP contribution in [-0.2, 0) is 10.2 Å². The van der Waals surface area contributed by atoms with Crippen molar-refractivity contribution >= 4 is 16.8 Å². The molecule has 1 amide bonds. The third-order valence-electron chi connectivity index (χ3n) is 6.42. The predicted molar refractivity (Wildman–Crippen MR) is 125 cm³/mol. The van der Waals surface area contributed by atoms with Gasteiger partial charge in [0.15, 0.2) is 5.43 Å². The number of rotatable bonds is 4. The second-order valence-corrected chi connectivity index (χ2v) is 9.61. The number of nitrogens with two attached hydrogens (primary N) is 1. The van der Waals surface area contributed by atoms with E-state index in [0.717, 1.165) is 36.9 Å². The predicted octanol–water partition coefficient (Wildman–Crippen LogP) is 4.05. The standard InChI is InChI=1S/C25H30N4O3/c1-25(2,3)21-11-16(14-5-7-15(32-4)8-6-14)17(13-28-21)19-12-20(30)22-18(29-19)9-10-27-23(22)24(26)31/h9-15H,5-8H2,1-4H3,(H2,26,31)(H,29,30)/t14-,15+. The molecule has 3 aromatic heterocycles. The summed E-state index contributed by atoms with van der Waals surface area (Å²) in [6.45, 7) is 6.45. The number of carbonyl (C=O) groups excluding carboxylic acids is 1. The Balaban J connectivity index is 1.87. The first-order valence-corrected chi connectivity index (χ1v) is 11.0. The molecule has 1 aliphatic rings. The fourth-order valence-corrected chi connectivity index (χ4v) is 4.59. The number of hydrogen-bond donors (Lipinski definition) is 2. The van der Waals surface area contributed by atoms with E-state index in [1.54, 1.807) is 13.2 Å². The SMILES string of the molecule is CO[C@H]1CC[C@@H](c2cc(C(C)(C)C)ncc2-c2cc(=O)c3c(C(N)=O)nccc3[nH]2)CC1. The molecule has 0 bridgehead atoms. The van der Waals surface area contributed by atoms with Gasteiger partial charge in [0, 0.05) is 42.2 Å². The molecule has 3 N–H and O–H groups in total. The molecule has 0 saturated heterocycles. The molecule has 168 valence electrons. The van der Waals surface area contributed by atoms with Gasteiger partial charge in [0.2, 0.25) is 0 Å². The molecule has 1 fully saturated rings. The van der Waals surface area contributed by atoms with Crippen LogP contribution in [0, 0.1) is 0 Å². The maximum Gasteiger partial charge on any atom is 0.268 e. The molecule has 0 radical (unpaired) electrons. The molecule has 0 aromatic carbocycles. The number of aromatic nitrogens is 3. The number of hydrogen-bond acceptors (Lipinski definition) is 5. The van der Waals surface area contributed by atoms with E-state index in [1.807, 2.05) is 6.20 Å². The van der Waals surface area contributed by atoms with Crippen molar-refractivity contribution in [2.24, 2.45) is 5.73 Å². The number of amides is 1. The maximum atomic E-state index is 13.0. The zero-order valence-corrected chi connectivity index (χ0v) is 19.1. The van der Waals surface area contributed by atoms with Crippen LogP contribution in [0.3, 0.4) is 0 Å². The van der Waals surface area contributed by atoms with Crippen LogP contribution in [0.2, 0.25) is 0 Å². The van der Waals surface area contributed by atoms with E-state index in [-0.39, 0.29) is 21.9 Å². The summed E-state index contributed by atoms with van der Waals surface area (Å²) in [5.41, 5.74) is 9.37. The van der Waals surface area contributed by atoms with Crippen LogP contribution in [-0.4, -0.2) is 34.1 Å². The Labute approximate surface area is 187 Å². The van der Waals surface area contributed by atoms with Crippen molar-refractivity contribution < 1.29 is 9.53 Å². The molecule has 7 nitrogen and oxygen atoms in total. The lowest BCUT2D eigenvalue weighted by Crippen LogP contribution is -2.21. The highest BCUT2D eigenvalue weighted by Gasteiger charge is 2.27. The number of nitrogens with zero attached hydrogens (tertiary/aromatic N) is 2. The van der Waals surface area contributed by atoms with Crippen molar-refractivity contribution in [3.05, 3.63) is 57.8 Å². The lowest BCUT2D eigenvalue weighted by atomic mass is 9.79. The summed E-state index contributed by atoms with van der Waals surface area (Å²) in [7, 11) is 1.77. The molecule has 0 atom stereocenters. The van der Waals surface area contributed by atoms with Gasteiger partial charge >= 0.3 is 0 Å². The second kappa shape index (κ2) is 8.47. The molecule has 1 saturated carbocycles. The molecule has 1 aliphatic carbocycles. The summed E-state index contributed by atoms with van der Waals surface area (Å²) in [5.74, 6) is -0.362. The van der Waals surface area contributed by atoms with E-state index in [1.165, 1.54) is 17.8 Å². The van der Waals surface area contributed by atoms with Gasteiger partial charge in [-0.15, -0.1) is 0 Å². The van der Waals surface area contributed by atoms with E-state index >= 15 is 0 Å². The Morgan fingerprint density at radius 1 is 1.16 bits per heavy atom. The number of fused-ring (bicyclic) bond motifs is 1. The van der Waals surface area contributed by atoms with E-state index < -0.39 is 5.91 Å². The van der Waals surface area contributed by atoms with E-state index in [0.29, 0.717) is 23.2 Å². The lowest BCUT2D eigenvalue weighted by Gasteiger charge is -2.30. The summed E-state index contributed by atoms with van der Waals surface area (Å²) in [4.78, 5) is 36.8. The van der Waals surface area contributed by atoms with Crippen molar-refractivity contribution in [2.45, 2.75) is 63.9 Å². The topological polar surface area (TPSA) is 111 Å². The maximum absolute atomic E-state index is 13.0. The second-order valence-electron chi connectivity index (χ2n) is 9.61. The van der Waals surface area contributed by atoms with Gasteiger partial charge in [0.05, 0.1) is 22.7 Å². The van der Waals surface area contributed by atoms with E-state index in [4.69, 9.17) is 15.5 Å². The quantitative estimate of drug-likeness (QED) is 0.643. The van der Waals surface area contributed by atoms with Crippen molar-refractivity contribution in [3.8, 4) is 11.3 Å². The zero-order chi connectivity index (χ0) is 23.0. The summed E-state index contributed by atoms with van der Waals surface area (Å²) >= 11 is 0. The molecule has 3 aromatic rings. The fraction of sp³-hybridized carbons (Fsp3) is 0.440. The van der Waals surface area contributed by atoms with Crippen LogP contribution in [0.1, 0.15) is 74.1 Å². The number of pyridine rings is 3. The van der Waals surface area contributed by atoms with Gasteiger partial charge in [-0.2, -0.15) is 0 Å². The molecular formula is C25H30N4O3. The van der Waals surface area contributed by atoms with Crippen LogP contribution >= 0.6 is 0 Å². The van der Waals surface area contributed by atoms with Gasteiger partial charge in [-0.3, -0.25) is 19.6 Å². The molecule has 7 heteroatoms. The van der Waals surface area contributed by atoms with Gasteiger partial charge in [0.1, 0.15) is 5.69 Å². The fourth-order valence-electron chi connectivity index (χ4n) is 4.59. The third kappa shape index (κ3) is 4.17. The number of primary amides is 1. The Bertz CT molecular complexity index is 1220. The normalized spacial score (nSPS) is 19.2. The highest BCUT2D eigenvalue weighted by Crippen LogP contribution is 2.39. The van der Waals surface area contributed by atoms with E-state index in [9.17, 15) is 9.59 Å². The van der Waals surface area contributed by atoms with Crippen LogP contribution in [0.15, 0.2) is 35.4 Å². The summed E-state index contributed by atoms with van der Waals surface area (Å²) in [6.07, 6.45) is 7.71. The Kier molecular flexibility index (Phi) is 5.86. The van der Waals surface area contributed by atoms with Crippen LogP contribution in [0.25, 0.3) is 22.2 Å². The first-order valence-electron chi connectivity index (χ1n) is 11.0. The molecule has 32 heavy (non-hydrogen) atoms. The van der Waals surface area contributed by atoms with Gasteiger partial charge in [-0.05, 0) is 49.3 Å². The average molecular weight is 435 g/mol.